The van der Waals surface area contributed by atoms with Crippen LogP contribution in [0.5, 0.6) is 0 Å². The number of aromatic nitrogens is 1. The lowest BCUT2D eigenvalue weighted by Gasteiger charge is -2.33. The number of likely N-dealkylation sites (tertiary alicyclic amines) is 1. The monoisotopic (exact) mass is 423 g/mol. The van der Waals surface area contributed by atoms with Crippen LogP contribution in [0.3, 0.4) is 0 Å². The number of benzene rings is 1. The van der Waals surface area contributed by atoms with Crippen molar-refractivity contribution in [3.8, 4) is 0 Å². The zero-order valence-corrected chi connectivity index (χ0v) is 18.6. The maximum Gasteiger partial charge on any atom is 0.241 e. The van der Waals surface area contributed by atoms with Crippen LogP contribution in [-0.2, 0) is 14.8 Å². The van der Waals surface area contributed by atoms with Gasteiger partial charge in [0.05, 0.1) is 20.1 Å². The van der Waals surface area contributed by atoms with Crippen molar-refractivity contribution in [2.24, 2.45) is 11.8 Å². The van der Waals surface area contributed by atoms with Gasteiger partial charge in [0.25, 0.3) is 0 Å². The Hall–Kier alpha value is -1.51. The second-order valence-electron chi connectivity index (χ2n) is 8.17. The van der Waals surface area contributed by atoms with Crippen LogP contribution in [0.2, 0.25) is 0 Å². The van der Waals surface area contributed by atoms with Gasteiger partial charge in [-0.2, -0.15) is 4.72 Å². The highest BCUT2D eigenvalue weighted by Crippen LogP contribution is 2.25. The Morgan fingerprint density at radius 1 is 1.32 bits per heavy atom. The van der Waals surface area contributed by atoms with Crippen molar-refractivity contribution >= 4 is 37.5 Å². The fourth-order valence-corrected chi connectivity index (χ4v) is 5.73. The molecule has 8 heteroatoms. The predicted molar refractivity (Wildman–Crippen MR) is 113 cm³/mol. The van der Waals surface area contributed by atoms with Crippen molar-refractivity contribution in [3.63, 3.8) is 0 Å². The number of carbonyl (C=O) groups excluding carboxylic acids is 1. The van der Waals surface area contributed by atoms with Crippen molar-refractivity contribution < 1.29 is 13.2 Å². The van der Waals surface area contributed by atoms with Gasteiger partial charge in [0, 0.05) is 13.1 Å². The van der Waals surface area contributed by atoms with Gasteiger partial charge in [-0.25, -0.2) is 13.4 Å². The first-order chi connectivity index (χ1) is 13.2. The van der Waals surface area contributed by atoms with E-state index >= 15 is 0 Å². The molecule has 0 aliphatic carbocycles. The number of sulfonamides is 1. The van der Waals surface area contributed by atoms with Crippen LogP contribution >= 0.6 is 11.3 Å². The molecule has 1 fully saturated rings. The van der Waals surface area contributed by atoms with Gasteiger partial charge >= 0.3 is 0 Å². The number of thiazole rings is 1. The van der Waals surface area contributed by atoms with E-state index in [4.69, 9.17) is 0 Å². The van der Waals surface area contributed by atoms with Crippen molar-refractivity contribution in [3.05, 3.63) is 23.2 Å². The molecule has 28 heavy (non-hydrogen) atoms. The summed E-state index contributed by atoms with van der Waals surface area (Å²) >= 11 is 1.46. The Kier molecular flexibility index (Phi) is 6.41. The molecule has 0 spiro atoms. The first kappa shape index (κ1) is 21.2. The fraction of sp³-hybridized carbons (Fsp3) is 0.600. The molecule has 1 aliphatic heterocycles. The molecule has 1 aliphatic rings. The number of amides is 1. The molecular weight excluding hydrogens is 394 g/mol. The molecule has 154 valence electrons. The molecule has 1 atom stereocenters. The Bertz CT molecular complexity index is 945. The minimum absolute atomic E-state index is 0.112. The molecule has 1 aromatic heterocycles. The lowest BCUT2D eigenvalue weighted by molar-refractivity contribution is -0.134. The number of piperidine rings is 1. The van der Waals surface area contributed by atoms with E-state index in [2.05, 4.69) is 16.6 Å². The maximum atomic E-state index is 13.1. The molecule has 1 saturated heterocycles. The summed E-state index contributed by atoms with van der Waals surface area (Å²) in [5.41, 5.74) is 0.790. The van der Waals surface area contributed by atoms with E-state index in [0.29, 0.717) is 25.4 Å². The lowest BCUT2D eigenvalue weighted by Crippen LogP contribution is -2.51. The third-order valence-electron chi connectivity index (χ3n) is 5.18. The van der Waals surface area contributed by atoms with Crippen molar-refractivity contribution in [2.75, 3.05) is 13.1 Å². The van der Waals surface area contributed by atoms with Crippen LogP contribution in [0.1, 0.15) is 45.0 Å². The zero-order valence-electron chi connectivity index (χ0n) is 16.9. The summed E-state index contributed by atoms with van der Waals surface area (Å²) in [5.74, 6) is 0.699. The third kappa shape index (κ3) is 4.90. The van der Waals surface area contributed by atoms with Gasteiger partial charge in [-0.3, -0.25) is 4.79 Å². The molecule has 1 amide bonds. The first-order valence-electron chi connectivity index (χ1n) is 9.84. The van der Waals surface area contributed by atoms with Gasteiger partial charge in [0.15, 0.2) is 0 Å². The summed E-state index contributed by atoms with van der Waals surface area (Å²) in [6.07, 6.45) is 2.41. The largest absolute Gasteiger partial charge is 0.341 e. The summed E-state index contributed by atoms with van der Waals surface area (Å²) in [6.45, 7) is 9.48. The van der Waals surface area contributed by atoms with E-state index < -0.39 is 16.1 Å². The van der Waals surface area contributed by atoms with Crippen LogP contribution in [0.25, 0.3) is 10.2 Å². The summed E-state index contributed by atoms with van der Waals surface area (Å²) in [5, 5.41) is 0.893. The van der Waals surface area contributed by atoms with Crippen LogP contribution in [0.4, 0.5) is 0 Å². The molecule has 3 rings (SSSR count). The minimum atomic E-state index is -3.80. The van der Waals surface area contributed by atoms with Gasteiger partial charge in [-0.15, -0.1) is 11.3 Å². The molecule has 1 N–H and O–H groups in total. The highest BCUT2D eigenvalue weighted by Gasteiger charge is 2.31. The minimum Gasteiger partial charge on any atom is -0.341 e. The standard InChI is InChI=1S/C20H29N3O3S2/c1-13(2)11-18(20(24)23-9-7-14(3)8-10-23)22-28(25,26)16-5-6-17-19(12-16)27-15(4)21-17/h5-6,12-14,18,22H,7-11H2,1-4H3/t18-/m1/s1. The quantitative estimate of drug-likeness (QED) is 0.770. The van der Waals surface area contributed by atoms with Gasteiger partial charge in [-0.1, -0.05) is 20.8 Å². The van der Waals surface area contributed by atoms with Gasteiger partial charge in [0.1, 0.15) is 6.04 Å². The Morgan fingerprint density at radius 3 is 2.64 bits per heavy atom. The Labute approximate surface area is 171 Å². The summed E-state index contributed by atoms with van der Waals surface area (Å²) in [7, 11) is -3.80. The second-order valence-corrected chi connectivity index (χ2v) is 11.1. The van der Waals surface area contributed by atoms with E-state index in [0.717, 1.165) is 28.1 Å². The summed E-state index contributed by atoms with van der Waals surface area (Å²) in [6, 6.07) is 4.18. The molecule has 0 radical (unpaired) electrons. The summed E-state index contributed by atoms with van der Waals surface area (Å²) < 4.78 is 29.5. The van der Waals surface area contributed by atoms with E-state index in [1.165, 1.54) is 11.3 Å². The number of aryl methyl sites for hydroxylation is 1. The Balaban J connectivity index is 1.82. The number of hydrogen-bond acceptors (Lipinski definition) is 5. The third-order valence-corrected chi connectivity index (χ3v) is 7.58. The van der Waals surface area contributed by atoms with Gasteiger partial charge < -0.3 is 4.90 Å². The van der Waals surface area contributed by atoms with E-state index in [1.807, 2.05) is 25.7 Å². The normalized spacial score (nSPS) is 17.4. The highest BCUT2D eigenvalue weighted by molar-refractivity contribution is 7.89. The highest BCUT2D eigenvalue weighted by atomic mass is 32.2. The van der Waals surface area contributed by atoms with Crippen LogP contribution in [-0.4, -0.2) is 43.3 Å². The van der Waals surface area contributed by atoms with Gasteiger partial charge in [0.2, 0.25) is 15.9 Å². The number of carbonyl (C=O) groups is 1. The van der Waals surface area contributed by atoms with E-state index in [9.17, 15) is 13.2 Å². The van der Waals surface area contributed by atoms with E-state index in [1.54, 1.807) is 18.2 Å². The smallest absolute Gasteiger partial charge is 0.241 e. The molecule has 2 aromatic rings. The fourth-order valence-electron chi connectivity index (χ4n) is 3.56. The molecule has 6 nitrogen and oxygen atoms in total. The molecule has 2 heterocycles. The Morgan fingerprint density at radius 2 is 2.00 bits per heavy atom. The lowest BCUT2D eigenvalue weighted by atomic mass is 9.97. The van der Waals surface area contributed by atoms with Gasteiger partial charge in [-0.05, 0) is 56.2 Å². The predicted octanol–water partition coefficient (Wildman–Crippen LogP) is 3.56. The average molecular weight is 424 g/mol. The number of rotatable bonds is 6. The molecular formula is C20H29N3O3S2. The second kappa shape index (κ2) is 8.47. The van der Waals surface area contributed by atoms with Crippen LogP contribution < -0.4 is 4.72 Å². The number of fused-ring (bicyclic) bond motifs is 1. The van der Waals surface area contributed by atoms with Crippen molar-refractivity contribution in [1.82, 2.24) is 14.6 Å². The molecule has 0 saturated carbocycles. The topological polar surface area (TPSA) is 79.4 Å². The molecule has 1 aromatic carbocycles. The SMILES string of the molecule is Cc1nc2ccc(S(=O)(=O)N[C@H](CC(C)C)C(=O)N3CCC(C)CC3)cc2s1. The zero-order chi connectivity index (χ0) is 20.5. The number of nitrogens with zero attached hydrogens (tertiary/aromatic N) is 2. The molecule has 0 bridgehead atoms. The molecule has 0 unspecified atom stereocenters. The number of hydrogen-bond donors (Lipinski definition) is 1. The van der Waals surface area contributed by atoms with E-state index in [-0.39, 0.29) is 16.7 Å². The summed E-state index contributed by atoms with van der Waals surface area (Å²) in [4.78, 5) is 19.4. The van der Waals surface area contributed by atoms with Crippen LogP contribution in [0.15, 0.2) is 23.1 Å². The van der Waals surface area contributed by atoms with Crippen molar-refractivity contribution in [2.45, 2.75) is 57.9 Å². The number of nitrogens with one attached hydrogen (secondary N) is 1. The maximum absolute atomic E-state index is 13.1. The van der Waals surface area contributed by atoms with Crippen LogP contribution in [0, 0.1) is 18.8 Å². The van der Waals surface area contributed by atoms with Crippen molar-refractivity contribution in [1.29, 1.82) is 0 Å². The average Bonchev–Trinajstić information content (AvgIpc) is 2.99. The first-order valence-corrected chi connectivity index (χ1v) is 12.1.